The summed E-state index contributed by atoms with van der Waals surface area (Å²) in [4.78, 5) is 12.0. The van der Waals surface area contributed by atoms with Crippen molar-refractivity contribution < 1.29 is 13.2 Å². The molecule has 24 heavy (non-hydrogen) atoms. The molecule has 0 aliphatic rings. The van der Waals surface area contributed by atoms with Crippen LogP contribution in [0.2, 0.25) is 0 Å². The minimum atomic E-state index is -3.40. The summed E-state index contributed by atoms with van der Waals surface area (Å²) in [7, 11) is -3.40. The first-order chi connectivity index (χ1) is 11.4. The van der Waals surface area contributed by atoms with E-state index in [0.717, 1.165) is 11.8 Å². The highest BCUT2D eigenvalue weighted by Crippen LogP contribution is 2.22. The average Bonchev–Trinajstić information content (AvgIpc) is 2.53. The van der Waals surface area contributed by atoms with Crippen LogP contribution < -0.4 is 10.0 Å². The molecule has 0 aromatic heterocycles. The van der Waals surface area contributed by atoms with Crippen molar-refractivity contribution in [3.8, 4) is 0 Å². The van der Waals surface area contributed by atoms with Crippen molar-refractivity contribution in [1.29, 1.82) is 0 Å². The standard InChI is InChI=1S/C18H20N2O3S/c1-24(22,23)20-17-13-7-6-12-16(17)19-18(21)14-8-5-11-15-9-3-2-4-10-15/h2-7,9-13,20H,8,14H2,1H3,(H,19,21)/b11-5+. The van der Waals surface area contributed by atoms with Crippen molar-refractivity contribution in [2.24, 2.45) is 0 Å². The van der Waals surface area contributed by atoms with Crippen LogP contribution in [0, 0.1) is 0 Å². The molecule has 0 atom stereocenters. The molecule has 0 aliphatic carbocycles. The van der Waals surface area contributed by atoms with Gasteiger partial charge in [0.05, 0.1) is 17.6 Å². The first-order valence-corrected chi connectivity index (χ1v) is 9.41. The topological polar surface area (TPSA) is 75.3 Å². The second-order valence-corrected chi connectivity index (χ2v) is 7.07. The molecule has 1 amide bonds. The van der Waals surface area contributed by atoms with Crippen molar-refractivity contribution in [1.82, 2.24) is 0 Å². The van der Waals surface area contributed by atoms with Crippen LogP contribution in [0.4, 0.5) is 11.4 Å². The van der Waals surface area contributed by atoms with Crippen LogP contribution in [-0.2, 0) is 14.8 Å². The Morgan fingerprint density at radius 1 is 1.00 bits per heavy atom. The molecule has 0 bridgehead atoms. The van der Waals surface area contributed by atoms with Gasteiger partial charge in [-0.25, -0.2) is 8.42 Å². The number of amides is 1. The summed E-state index contributed by atoms with van der Waals surface area (Å²) in [6.07, 6.45) is 5.89. The van der Waals surface area contributed by atoms with Gasteiger partial charge in [0.1, 0.15) is 0 Å². The summed E-state index contributed by atoms with van der Waals surface area (Å²) in [6, 6.07) is 16.5. The number of para-hydroxylation sites is 2. The molecule has 6 heteroatoms. The largest absolute Gasteiger partial charge is 0.324 e. The summed E-state index contributed by atoms with van der Waals surface area (Å²) in [6.45, 7) is 0. The second kappa shape index (κ2) is 8.31. The lowest BCUT2D eigenvalue weighted by Gasteiger charge is -2.11. The van der Waals surface area contributed by atoms with E-state index < -0.39 is 10.0 Å². The fraction of sp³-hybridized carbons (Fsp3) is 0.167. The highest BCUT2D eigenvalue weighted by Gasteiger charge is 2.09. The Hall–Kier alpha value is -2.60. The van der Waals surface area contributed by atoms with Gasteiger partial charge in [0, 0.05) is 6.42 Å². The molecule has 0 heterocycles. The number of hydrogen-bond acceptors (Lipinski definition) is 3. The Kier molecular flexibility index (Phi) is 6.14. The highest BCUT2D eigenvalue weighted by molar-refractivity contribution is 7.92. The van der Waals surface area contributed by atoms with E-state index in [1.807, 2.05) is 42.5 Å². The third kappa shape index (κ3) is 6.26. The molecule has 0 radical (unpaired) electrons. The minimum absolute atomic E-state index is 0.171. The molecule has 126 valence electrons. The maximum absolute atomic E-state index is 12.0. The van der Waals surface area contributed by atoms with Gasteiger partial charge in [-0.2, -0.15) is 0 Å². The van der Waals surface area contributed by atoms with Gasteiger partial charge in [0.25, 0.3) is 0 Å². The molecular formula is C18H20N2O3S. The van der Waals surface area contributed by atoms with E-state index >= 15 is 0 Å². The molecule has 0 saturated heterocycles. The number of carbonyl (C=O) groups is 1. The number of rotatable bonds is 7. The highest BCUT2D eigenvalue weighted by atomic mass is 32.2. The predicted molar refractivity (Wildman–Crippen MR) is 98.2 cm³/mol. The van der Waals surface area contributed by atoms with Crippen molar-refractivity contribution in [2.45, 2.75) is 12.8 Å². The van der Waals surface area contributed by atoms with E-state index in [2.05, 4.69) is 10.0 Å². The van der Waals surface area contributed by atoms with Crippen LogP contribution in [0.1, 0.15) is 18.4 Å². The SMILES string of the molecule is CS(=O)(=O)Nc1ccccc1NC(=O)CC/C=C/c1ccccc1. The van der Waals surface area contributed by atoms with Gasteiger partial charge in [-0.15, -0.1) is 0 Å². The minimum Gasteiger partial charge on any atom is -0.324 e. The number of benzene rings is 2. The zero-order chi connectivity index (χ0) is 17.4. The second-order valence-electron chi connectivity index (χ2n) is 5.32. The quantitative estimate of drug-likeness (QED) is 0.807. The molecule has 0 spiro atoms. The first-order valence-electron chi connectivity index (χ1n) is 7.52. The predicted octanol–water partition coefficient (Wildman–Crippen LogP) is 3.49. The number of sulfonamides is 1. The lowest BCUT2D eigenvalue weighted by Crippen LogP contribution is -2.15. The zero-order valence-corrected chi connectivity index (χ0v) is 14.2. The Morgan fingerprint density at radius 3 is 2.29 bits per heavy atom. The average molecular weight is 344 g/mol. The van der Waals surface area contributed by atoms with Gasteiger partial charge in [-0.1, -0.05) is 54.6 Å². The molecule has 2 aromatic carbocycles. The maximum atomic E-state index is 12.0. The summed E-state index contributed by atoms with van der Waals surface area (Å²) < 4.78 is 25.1. The Bertz CT molecular complexity index is 815. The number of hydrogen-bond donors (Lipinski definition) is 2. The first kappa shape index (κ1) is 17.7. The van der Waals surface area contributed by atoms with Crippen LogP contribution in [0.15, 0.2) is 60.7 Å². The van der Waals surface area contributed by atoms with E-state index in [1.165, 1.54) is 0 Å². The zero-order valence-electron chi connectivity index (χ0n) is 13.4. The molecule has 0 unspecified atom stereocenters. The summed E-state index contributed by atoms with van der Waals surface area (Å²) >= 11 is 0. The molecular weight excluding hydrogens is 324 g/mol. The smallest absolute Gasteiger partial charge is 0.229 e. The molecule has 2 rings (SSSR count). The van der Waals surface area contributed by atoms with Crippen molar-refractivity contribution >= 4 is 33.4 Å². The number of nitrogens with one attached hydrogen (secondary N) is 2. The Balaban J connectivity index is 1.90. The van der Waals surface area contributed by atoms with Crippen LogP contribution in [0.3, 0.4) is 0 Å². The number of allylic oxidation sites excluding steroid dienone is 1. The van der Waals surface area contributed by atoms with Crippen molar-refractivity contribution in [3.63, 3.8) is 0 Å². The fourth-order valence-electron chi connectivity index (χ4n) is 2.09. The van der Waals surface area contributed by atoms with Gasteiger partial charge in [0.15, 0.2) is 0 Å². The molecule has 2 aromatic rings. The van der Waals surface area contributed by atoms with Gasteiger partial charge < -0.3 is 5.32 Å². The van der Waals surface area contributed by atoms with Gasteiger partial charge in [-0.3, -0.25) is 9.52 Å². The molecule has 2 N–H and O–H groups in total. The van der Waals surface area contributed by atoms with E-state index in [4.69, 9.17) is 0 Å². The monoisotopic (exact) mass is 344 g/mol. The van der Waals surface area contributed by atoms with Crippen LogP contribution in [0.5, 0.6) is 0 Å². The molecule has 0 saturated carbocycles. The van der Waals surface area contributed by atoms with Crippen LogP contribution >= 0.6 is 0 Å². The Morgan fingerprint density at radius 2 is 1.62 bits per heavy atom. The molecule has 5 nitrogen and oxygen atoms in total. The summed E-state index contributed by atoms with van der Waals surface area (Å²) in [5, 5.41) is 2.73. The van der Waals surface area contributed by atoms with Gasteiger partial charge >= 0.3 is 0 Å². The van der Waals surface area contributed by atoms with E-state index in [0.29, 0.717) is 24.2 Å². The third-order valence-corrected chi connectivity index (χ3v) is 3.74. The van der Waals surface area contributed by atoms with Crippen LogP contribution in [-0.4, -0.2) is 20.6 Å². The third-order valence-electron chi connectivity index (χ3n) is 3.14. The molecule has 0 fully saturated rings. The maximum Gasteiger partial charge on any atom is 0.229 e. The summed E-state index contributed by atoms with van der Waals surface area (Å²) in [5.41, 5.74) is 1.88. The lowest BCUT2D eigenvalue weighted by molar-refractivity contribution is -0.116. The molecule has 0 aliphatic heterocycles. The number of carbonyl (C=O) groups excluding carboxylic acids is 1. The van der Waals surface area contributed by atoms with Crippen molar-refractivity contribution in [3.05, 3.63) is 66.2 Å². The van der Waals surface area contributed by atoms with E-state index in [9.17, 15) is 13.2 Å². The normalized spacial score (nSPS) is 11.4. The Labute approximate surface area is 142 Å². The van der Waals surface area contributed by atoms with Gasteiger partial charge in [0.2, 0.25) is 15.9 Å². The lowest BCUT2D eigenvalue weighted by atomic mass is 10.2. The van der Waals surface area contributed by atoms with Crippen LogP contribution in [0.25, 0.3) is 6.08 Å². The van der Waals surface area contributed by atoms with Crippen molar-refractivity contribution in [2.75, 3.05) is 16.3 Å². The summed E-state index contributed by atoms with van der Waals surface area (Å²) in [5.74, 6) is -0.171. The van der Waals surface area contributed by atoms with E-state index in [-0.39, 0.29) is 5.91 Å². The van der Waals surface area contributed by atoms with Gasteiger partial charge in [-0.05, 0) is 24.1 Å². The number of anilines is 2. The fourth-order valence-corrected chi connectivity index (χ4v) is 2.67. The van der Waals surface area contributed by atoms with E-state index in [1.54, 1.807) is 24.3 Å².